The summed E-state index contributed by atoms with van der Waals surface area (Å²) in [5, 5.41) is 9.35. The van der Waals surface area contributed by atoms with Crippen molar-refractivity contribution in [3.63, 3.8) is 0 Å². The molecule has 0 aromatic carbocycles. The van der Waals surface area contributed by atoms with Crippen LogP contribution in [-0.4, -0.2) is 56.1 Å². The fourth-order valence-corrected chi connectivity index (χ4v) is 9.64. The van der Waals surface area contributed by atoms with E-state index in [0.717, 1.165) is 5.57 Å². The summed E-state index contributed by atoms with van der Waals surface area (Å²) >= 11 is -1.03. The first kappa shape index (κ1) is 22.5. The van der Waals surface area contributed by atoms with Crippen molar-refractivity contribution in [2.24, 2.45) is 0 Å². The second kappa shape index (κ2) is 11.2. The summed E-state index contributed by atoms with van der Waals surface area (Å²) in [6, 6.07) is 0. The summed E-state index contributed by atoms with van der Waals surface area (Å²) in [6.45, 7) is 9.19. The zero-order chi connectivity index (χ0) is 18.9. The summed E-state index contributed by atoms with van der Waals surface area (Å²) in [4.78, 5) is 25.0. The van der Waals surface area contributed by atoms with Crippen LogP contribution < -0.4 is 0 Å². The molecule has 0 saturated carbocycles. The van der Waals surface area contributed by atoms with Gasteiger partial charge >= 0.3 is 164 Å². The van der Waals surface area contributed by atoms with Crippen molar-refractivity contribution in [1.29, 1.82) is 0 Å². The summed E-state index contributed by atoms with van der Waals surface area (Å²) in [6.07, 6.45) is 10.2. The van der Waals surface area contributed by atoms with Gasteiger partial charge in [-0.1, -0.05) is 0 Å². The summed E-state index contributed by atoms with van der Waals surface area (Å²) in [5.41, 5.74) is 0.887. The summed E-state index contributed by atoms with van der Waals surface area (Å²) in [7, 11) is 0. The minimum absolute atomic E-state index is 0.0138. The van der Waals surface area contributed by atoms with Gasteiger partial charge in [0.2, 0.25) is 0 Å². The normalized spacial score (nSPS) is 15.8. The SMILES string of the molecule is CCCC[C](CCCC)(CCCC)[Sn][C]1=C(C)C(=O)CN(C(=O)O)C1. The Morgan fingerprint density at radius 1 is 1.04 bits per heavy atom. The number of rotatable bonds is 11. The first-order valence-electron chi connectivity index (χ1n) is 9.88. The number of hydrogen-bond acceptors (Lipinski definition) is 2. The van der Waals surface area contributed by atoms with Crippen molar-refractivity contribution >= 4 is 33.0 Å². The van der Waals surface area contributed by atoms with Gasteiger partial charge in [0.05, 0.1) is 0 Å². The molecule has 0 atom stereocenters. The van der Waals surface area contributed by atoms with E-state index in [0.29, 0.717) is 9.98 Å². The molecule has 25 heavy (non-hydrogen) atoms. The quantitative estimate of drug-likeness (QED) is 0.432. The van der Waals surface area contributed by atoms with Gasteiger partial charge < -0.3 is 0 Å². The molecule has 0 saturated heterocycles. The van der Waals surface area contributed by atoms with E-state index >= 15 is 0 Å². The van der Waals surface area contributed by atoms with E-state index in [-0.39, 0.29) is 12.3 Å². The van der Waals surface area contributed by atoms with Crippen molar-refractivity contribution < 1.29 is 14.7 Å². The van der Waals surface area contributed by atoms with Crippen molar-refractivity contribution in [1.82, 2.24) is 4.90 Å². The maximum absolute atomic E-state index is 12.3. The number of carbonyl (C=O) groups excluding carboxylic acids is 1. The fraction of sp³-hybridized carbons (Fsp3) is 0.800. The van der Waals surface area contributed by atoms with Gasteiger partial charge in [-0.15, -0.1) is 0 Å². The van der Waals surface area contributed by atoms with E-state index in [1.54, 1.807) is 0 Å². The molecule has 5 heteroatoms. The van der Waals surface area contributed by atoms with Crippen LogP contribution in [0.2, 0.25) is 3.43 Å². The van der Waals surface area contributed by atoms with E-state index in [1.807, 2.05) is 6.92 Å². The van der Waals surface area contributed by atoms with Gasteiger partial charge in [-0.3, -0.25) is 0 Å². The monoisotopic (exact) mass is 457 g/mol. The molecule has 1 aliphatic heterocycles. The summed E-state index contributed by atoms with van der Waals surface area (Å²) in [5.74, 6) is 0.0138. The Morgan fingerprint density at radius 3 is 1.92 bits per heavy atom. The second-order valence-electron chi connectivity index (χ2n) is 7.38. The van der Waals surface area contributed by atoms with Gasteiger partial charge in [-0.2, -0.15) is 0 Å². The van der Waals surface area contributed by atoms with Gasteiger partial charge in [0, 0.05) is 0 Å². The molecular weight excluding hydrogens is 421 g/mol. The van der Waals surface area contributed by atoms with Gasteiger partial charge in [-0.05, 0) is 0 Å². The fourth-order valence-electron chi connectivity index (χ4n) is 3.52. The van der Waals surface area contributed by atoms with Gasteiger partial charge in [0.25, 0.3) is 0 Å². The van der Waals surface area contributed by atoms with Gasteiger partial charge in [0.1, 0.15) is 0 Å². The molecule has 1 amide bonds. The predicted octanol–water partition coefficient (Wildman–Crippen LogP) is 5.26. The van der Waals surface area contributed by atoms with Crippen molar-refractivity contribution in [2.45, 2.75) is 88.9 Å². The van der Waals surface area contributed by atoms with E-state index in [2.05, 4.69) is 20.8 Å². The number of amides is 1. The van der Waals surface area contributed by atoms with Crippen LogP contribution in [0.15, 0.2) is 9.16 Å². The molecule has 1 aliphatic rings. The molecule has 1 rings (SSSR count). The van der Waals surface area contributed by atoms with Crippen molar-refractivity contribution in [3.8, 4) is 0 Å². The molecule has 0 aliphatic carbocycles. The molecule has 2 radical (unpaired) electrons. The zero-order valence-corrected chi connectivity index (χ0v) is 19.3. The van der Waals surface area contributed by atoms with Crippen LogP contribution in [0.4, 0.5) is 4.79 Å². The number of hydrogen-bond donors (Lipinski definition) is 1. The topological polar surface area (TPSA) is 57.6 Å². The molecule has 0 bridgehead atoms. The molecule has 0 unspecified atom stereocenters. The van der Waals surface area contributed by atoms with Gasteiger partial charge in [-0.25, -0.2) is 0 Å². The van der Waals surface area contributed by atoms with E-state index in [1.165, 1.54) is 66.3 Å². The Morgan fingerprint density at radius 2 is 1.52 bits per heavy atom. The number of carbonyl (C=O) groups is 2. The minimum atomic E-state index is -1.03. The Bertz CT molecular complexity index is 466. The molecule has 0 aromatic rings. The van der Waals surface area contributed by atoms with Crippen LogP contribution in [0, 0.1) is 0 Å². The Hall–Kier alpha value is -0.521. The van der Waals surface area contributed by atoms with Crippen LogP contribution in [0.25, 0.3) is 0 Å². The van der Waals surface area contributed by atoms with E-state index in [9.17, 15) is 14.7 Å². The third kappa shape index (κ3) is 6.95. The number of nitrogens with zero attached hydrogens (tertiary/aromatic N) is 1. The standard InChI is InChI=1S/C13H27.C7H8NO3.Sn/c1-4-7-10-13(11-8-5-2)12-9-6-3;1-5-2-3-8(7(10)11)4-6(5)9;/h4-12H2,1-3H3;3-4H2,1H3,(H,10,11);. The van der Waals surface area contributed by atoms with Crippen molar-refractivity contribution in [2.75, 3.05) is 13.1 Å². The van der Waals surface area contributed by atoms with Gasteiger partial charge in [0.15, 0.2) is 0 Å². The number of carboxylic acid groups (broad SMARTS) is 1. The van der Waals surface area contributed by atoms with Crippen molar-refractivity contribution in [3.05, 3.63) is 9.16 Å². The molecule has 0 aromatic heterocycles. The molecule has 4 nitrogen and oxygen atoms in total. The predicted molar refractivity (Wildman–Crippen MR) is 104 cm³/mol. The average Bonchev–Trinajstić information content (AvgIpc) is 2.59. The van der Waals surface area contributed by atoms with Crippen LogP contribution in [0.1, 0.15) is 85.5 Å². The van der Waals surface area contributed by atoms with Crippen LogP contribution >= 0.6 is 0 Å². The van der Waals surface area contributed by atoms with E-state index < -0.39 is 27.2 Å². The Labute approximate surface area is 163 Å². The third-order valence-corrected chi connectivity index (χ3v) is 11.3. The first-order valence-corrected chi connectivity index (χ1v) is 12.7. The molecule has 142 valence electrons. The number of ketones is 1. The molecule has 1 heterocycles. The Kier molecular flexibility index (Phi) is 10.1. The summed E-state index contributed by atoms with van der Waals surface area (Å²) < 4.78 is 1.62. The average molecular weight is 456 g/mol. The number of Topliss-reactive ketones (excluding diaryl/α,β-unsaturated/α-hetero) is 1. The molecular formula is C20H35NO3Sn. The van der Waals surface area contributed by atoms with Crippen LogP contribution in [0.5, 0.6) is 0 Å². The molecule has 0 spiro atoms. The maximum atomic E-state index is 12.3. The van der Waals surface area contributed by atoms with E-state index in [4.69, 9.17) is 0 Å². The first-order chi connectivity index (χ1) is 11.9. The second-order valence-corrected chi connectivity index (χ2v) is 12.8. The molecule has 1 N–H and O–H groups in total. The number of unbranched alkanes of at least 4 members (excludes halogenated alkanes) is 3. The van der Waals surface area contributed by atoms with Crippen LogP contribution in [0.3, 0.4) is 0 Å². The third-order valence-electron chi connectivity index (χ3n) is 5.27. The Balaban J connectivity index is 3.08. The van der Waals surface area contributed by atoms with Crippen LogP contribution in [-0.2, 0) is 4.79 Å². The zero-order valence-electron chi connectivity index (χ0n) is 16.5. The molecule has 0 fully saturated rings.